The van der Waals surface area contributed by atoms with E-state index in [0.29, 0.717) is 0 Å². The maximum absolute atomic E-state index is 9.82. The summed E-state index contributed by atoms with van der Waals surface area (Å²) in [4.78, 5) is 9.22. The Morgan fingerprint density at radius 3 is 2.74 bits per heavy atom. The van der Waals surface area contributed by atoms with Gasteiger partial charge in [0.1, 0.15) is 5.75 Å². The molecule has 3 rings (SSSR count). The second-order valence-corrected chi connectivity index (χ2v) is 8.94. The van der Waals surface area contributed by atoms with Gasteiger partial charge in [0.05, 0.1) is 15.9 Å². The molecule has 142 valence electrons. The van der Waals surface area contributed by atoms with E-state index in [-0.39, 0.29) is 5.75 Å². The number of thioether (sulfide) groups is 1. The van der Waals surface area contributed by atoms with Crippen LogP contribution in [0.5, 0.6) is 5.75 Å². The van der Waals surface area contributed by atoms with Crippen molar-refractivity contribution in [2.75, 3.05) is 5.75 Å². The number of phenols is 1. The molecule has 0 saturated heterocycles. The van der Waals surface area contributed by atoms with Crippen LogP contribution >= 0.6 is 23.1 Å². The van der Waals surface area contributed by atoms with Gasteiger partial charge in [-0.2, -0.15) is 0 Å². The van der Waals surface area contributed by atoms with Crippen LogP contribution in [0.4, 0.5) is 5.69 Å². The molecule has 3 nitrogen and oxygen atoms in total. The van der Waals surface area contributed by atoms with Crippen LogP contribution in [0.15, 0.2) is 51.8 Å². The third-order valence-electron chi connectivity index (χ3n) is 4.37. The lowest BCUT2D eigenvalue weighted by Crippen LogP contribution is -1.82. The van der Waals surface area contributed by atoms with Gasteiger partial charge in [-0.15, -0.1) is 11.3 Å². The summed E-state index contributed by atoms with van der Waals surface area (Å²) in [6, 6.07) is 13.3. The van der Waals surface area contributed by atoms with Gasteiger partial charge in [0.25, 0.3) is 0 Å². The average molecular weight is 399 g/mol. The number of rotatable bonds is 10. The minimum Gasteiger partial charge on any atom is -0.507 e. The van der Waals surface area contributed by atoms with Crippen LogP contribution in [-0.4, -0.2) is 22.1 Å². The van der Waals surface area contributed by atoms with Crippen molar-refractivity contribution >= 4 is 45.2 Å². The second kappa shape index (κ2) is 10.5. The fourth-order valence-corrected chi connectivity index (χ4v) is 4.99. The lowest BCUT2D eigenvalue weighted by Gasteiger charge is -1.99. The summed E-state index contributed by atoms with van der Waals surface area (Å²) in [5.41, 5.74) is 2.63. The quantitative estimate of drug-likeness (QED) is 0.223. The molecule has 2 aromatic carbocycles. The SMILES string of the molecule is CCCCCCCCSc1nc2ccc(N=Cc3ccccc3O)cc2s1. The Bertz CT molecular complexity index is 889. The zero-order valence-corrected chi connectivity index (χ0v) is 17.4. The number of hydrogen-bond acceptors (Lipinski definition) is 5. The second-order valence-electron chi connectivity index (χ2n) is 6.57. The van der Waals surface area contributed by atoms with Crippen LogP contribution in [0.2, 0.25) is 0 Å². The van der Waals surface area contributed by atoms with E-state index in [1.54, 1.807) is 29.7 Å². The number of aromatic nitrogens is 1. The van der Waals surface area contributed by atoms with Gasteiger partial charge in [-0.3, -0.25) is 4.99 Å². The molecule has 0 radical (unpaired) electrons. The zero-order valence-electron chi connectivity index (χ0n) is 15.7. The van der Waals surface area contributed by atoms with E-state index in [4.69, 9.17) is 4.98 Å². The first kappa shape index (κ1) is 19.9. The predicted molar refractivity (Wildman–Crippen MR) is 119 cm³/mol. The summed E-state index contributed by atoms with van der Waals surface area (Å²) in [7, 11) is 0. The van der Waals surface area contributed by atoms with Crippen LogP contribution in [-0.2, 0) is 0 Å². The van der Waals surface area contributed by atoms with Gasteiger partial charge in [-0.25, -0.2) is 4.98 Å². The number of para-hydroxylation sites is 1. The van der Waals surface area contributed by atoms with Gasteiger partial charge in [0, 0.05) is 17.5 Å². The number of hydrogen-bond donors (Lipinski definition) is 1. The van der Waals surface area contributed by atoms with Gasteiger partial charge in [-0.05, 0) is 36.8 Å². The molecular weight excluding hydrogens is 372 g/mol. The number of fused-ring (bicyclic) bond motifs is 1. The van der Waals surface area contributed by atoms with Crippen molar-refractivity contribution in [3.63, 3.8) is 0 Å². The molecule has 0 spiro atoms. The van der Waals surface area contributed by atoms with Gasteiger partial charge in [0.15, 0.2) is 4.34 Å². The minimum absolute atomic E-state index is 0.244. The Hall–Kier alpha value is -1.85. The smallest absolute Gasteiger partial charge is 0.151 e. The van der Waals surface area contributed by atoms with E-state index >= 15 is 0 Å². The first-order valence-electron chi connectivity index (χ1n) is 9.61. The summed E-state index contributed by atoms with van der Waals surface area (Å²) >= 11 is 3.60. The molecule has 0 unspecified atom stereocenters. The van der Waals surface area contributed by atoms with Crippen molar-refractivity contribution in [3.8, 4) is 5.75 Å². The first-order chi connectivity index (χ1) is 13.3. The third kappa shape index (κ3) is 6.08. The van der Waals surface area contributed by atoms with Gasteiger partial charge in [-0.1, -0.05) is 62.9 Å². The van der Waals surface area contributed by atoms with Crippen LogP contribution in [0.3, 0.4) is 0 Å². The predicted octanol–water partition coefficient (Wildman–Crippen LogP) is 7.21. The van der Waals surface area contributed by atoms with Crippen LogP contribution in [0.1, 0.15) is 51.0 Å². The van der Waals surface area contributed by atoms with Crippen molar-refractivity contribution in [3.05, 3.63) is 48.0 Å². The number of nitrogens with zero attached hydrogens (tertiary/aromatic N) is 2. The first-order valence-corrected chi connectivity index (χ1v) is 11.4. The van der Waals surface area contributed by atoms with Gasteiger partial charge >= 0.3 is 0 Å². The largest absolute Gasteiger partial charge is 0.507 e. The Morgan fingerprint density at radius 2 is 1.89 bits per heavy atom. The molecule has 0 bridgehead atoms. The molecule has 0 saturated carbocycles. The molecule has 27 heavy (non-hydrogen) atoms. The minimum atomic E-state index is 0.244. The van der Waals surface area contributed by atoms with Crippen molar-refractivity contribution < 1.29 is 5.11 Å². The van der Waals surface area contributed by atoms with Crippen molar-refractivity contribution in [2.45, 2.75) is 49.8 Å². The highest BCUT2D eigenvalue weighted by Crippen LogP contribution is 2.32. The maximum Gasteiger partial charge on any atom is 0.151 e. The summed E-state index contributed by atoms with van der Waals surface area (Å²) in [5.74, 6) is 1.39. The fraction of sp³-hybridized carbons (Fsp3) is 0.364. The summed E-state index contributed by atoms with van der Waals surface area (Å²) in [5, 5.41) is 9.82. The molecule has 3 aromatic rings. The molecule has 1 N–H and O–H groups in total. The summed E-state index contributed by atoms with van der Waals surface area (Å²) in [6.07, 6.45) is 9.67. The number of benzene rings is 2. The van der Waals surface area contributed by atoms with Crippen molar-refractivity contribution in [1.82, 2.24) is 4.98 Å². The highest BCUT2D eigenvalue weighted by Gasteiger charge is 2.05. The van der Waals surface area contributed by atoms with Crippen LogP contribution in [0, 0.1) is 0 Å². The maximum atomic E-state index is 9.82. The number of aromatic hydroxyl groups is 1. The number of unbranched alkanes of at least 4 members (excludes halogenated alkanes) is 5. The Labute approximate surface area is 169 Å². The van der Waals surface area contributed by atoms with Crippen molar-refractivity contribution in [2.24, 2.45) is 4.99 Å². The van der Waals surface area contributed by atoms with E-state index in [2.05, 4.69) is 18.0 Å². The fourth-order valence-electron chi connectivity index (χ4n) is 2.82. The average Bonchev–Trinajstić information content (AvgIpc) is 3.08. The molecule has 0 amide bonds. The molecule has 0 aliphatic heterocycles. The van der Waals surface area contributed by atoms with Gasteiger partial charge < -0.3 is 5.11 Å². The molecule has 1 aromatic heterocycles. The molecule has 0 aliphatic rings. The Kier molecular flexibility index (Phi) is 7.72. The normalized spacial score (nSPS) is 11.6. The lowest BCUT2D eigenvalue weighted by atomic mass is 10.1. The molecule has 0 aliphatic carbocycles. The van der Waals surface area contributed by atoms with E-state index in [1.165, 1.54) is 38.5 Å². The molecule has 0 atom stereocenters. The zero-order chi connectivity index (χ0) is 18.9. The van der Waals surface area contributed by atoms with Gasteiger partial charge in [0.2, 0.25) is 0 Å². The van der Waals surface area contributed by atoms with Crippen molar-refractivity contribution in [1.29, 1.82) is 0 Å². The highest BCUT2D eigenvalue weighted by atomic mass is 32.2. The lowest BCUT2D eigenvalue weighted by molar-refractivity contribution is 0.474. The molecular formula is C22H26N2OS2. The Morgan fingerprint density at radius 1 is 1.07 bits per heavy atom. The Balaban J connectivity index is 1.56. The topological polar surface area (TPSA) is 45.5 Å². The molecule has 0 fully saturated rings. The van der Waals surface area contributed by atoms with E-state index < -0.39 is 0 Å². The highest BCUT2D eigenvalue weighted by molar-refractivity contribution is 8.01. The number of phenolic OH excluding ortho intramolecular Hbond substituents is 1. The van der Waals surface area contributed by atoms with E-state index in [1.807, 2.05) is 36.0 Å². The number of thiazole rings is 1. The standard InChI is InChI=1S/C22H26N2OS2/c1-2-3-4-5-6-9-14-26-22-24-19-13-12-18(15-21(19)27-22)23-16-17-10-7-8-11-20(17)25/h7-8,10-13,15-16,25H,2-6,9,14H2,1H3. The molecule has 5 heteroatoms. The summed E-state index contributed by atoms with van der Waals surface area (Å²) in [6.45, 7) is 2.26. The van der Waals surface area contributed by atoms with Crippen LogP contribution in [0.25, 0.3) is 10.2 Å². The molecule has 1 heterocycles. The van der Waals surface area contributed by atoms with E-state index in [9.17, 15) is 5.11 Å². The third-order valence-corrected chi connectivity index (χ3v) is 6.61. The summed E-state index contributed by atoms with van der Waals surface area (Å²) < 4.78 is 2.30. The monoisotopic (exact) mass is 398 g/mol. The number of aliphatic imine (C=N–C) groups is 1. The van der Waals surface area contributed by atoms with Crippen LogP contribution < -0.4 is 0 Å². The van der Waals surface area contributed by atoms with E-state index in [0.717, 1.165) is 31.6 Å².